The number of halogens is 1. The van der Waals surface area contributed by atoms with Gasteiger partial charge in [-0.05, 0) is 24.6 Å². The van der Waals surface area contributed by atoms with Crippen molar-refractivity contribution >= 4 is 17.3 Å². The molecule has 1 aromatic carbocycles. The second kappa shape index (κ2) is 5.47. The number of aryl methyl sites for hydroxylation is 1. The molecule has 2 rings (SSSR count). The Morgan fingerprint density at radius 1 is 1.17 bits per heavy atom. The zero-order valence-corrected chi connectivity index (χ0v) is 12.0. The zero-order valence-electron chi connectivity index (χ0n) is 11.2. The average molecular weight is 270 g/mol. The molecule has 0 amide bonds. The highest BCUT2D eigenvalue weighted by atomic mass is 35.5. The Hall–Kier alpha value is -0.770. The maximum atomic E-state index is 6.30. The Kier molecular flexibility index (Phi) is 4.15. The summed E-state index contributed by atoms with van der Waals surface area (Å²) in [5.74, 6) is -0.423. The molecular weight excluding hydrogens is 250 g/mol. The van der Waals surface area contributed by atoms with E-state index in [-0.39, 0.29) is 0 Å². The summed E-state index contributed by atoms with van der Waals surface area (Å²) in [4.78, 5) is 2.29. The van der Waals surface area contributed by atoms with Crippen molar-refractivity contribution in [2.75, 3.05) is 32.2 Å². The number of anilines is 1. The van der Waals surface area contributed by atoms with Crippen LogP contribution in [0.1, 0.15) is 18.4 Å². The minimum absolute atomic E-state index is 0.423. The molecule has 0 atom stereocenters. The van der Waals surface area contributed by atoms with Crippen LogP contribution in [0.4, 0.5) is 5.69 Å². The summed E-state index contributed by atoms with van der Waals surface area (Å²) in [5.41, 5.74) is 2.28. The highest BCUT2D eigenvalue weighted by Gasteiger charge is 2.34. The van der Waals surface area contributed by atoms with E-state index >= 15 is 0 Å². The van der Waals surface area contributed by atoms with Gasteiger partial charge in [-0.3, -0.25) is 0 Å². The van der Waals surface area contributed by atoms with Gasteiger partial charge in [0.2, 0.25) is 0 Å². The first-order chi connectivity index (χ1) is 8.60. The van der Waals surface area contributed by atoms with Crippen molar-refractivity contribution in [1.29, 1.82) is 0 Å². The van der Waals surface area contributed by atoms with Crippen LogP contribution in [0.3, 0.4) is 0 Å². The Morgan fingerprint density at radius 2 is 1.78 bits per heavy atom. The summed E-state index contributed by atoms with van der Waals surface area (Å²) in [5, 5.41) is 0.817. The summed E-state index contributed by atoms with van der Waals surface area (Å²) < 4.78 is 11.0. The zero-order chi connectivity index (χ0) is 13.2. The lowest BCUT2D eigenvalue weighted by atomic mass is 10.0. The van der Waals surface area contributed by atoms with Crippen LogP contribution in [0.15, 0.2) is 18.2 Å². The summed E-state index contributed by atoms with van der Waals surface area (Å²) in [6.07, 6.45) is 1.70. The Morgan fingerprint density at radius 3 is 2.28 bits per heavy atom. The predicted octanol–water partition coefficient (Wildman–Crippen LogP) is 3.24. The largest absolute Gasteiger partial charge is 0.370 e. The molecule has 1 saturated heterocycles. The molecule has 0 aromatic heterocycles. The van der Waals surface area contributed by atoms with Gasteiger partial charge in [-0.25, -0.2) is 0 Å². The molecule has 1 aromatic rings. The fourth-order valence-corrected chi connectivity index (χ4v) is 2.80. The fraction of sp³-hybridized carbons (Fsp3) is 0.571. The molecule has 0 aliphatic carbocycles. The van der Waals surface area contributed by atoms with E-state index in [1.807, 2.05) is 13.0 Å². The van der Waals surface area contributed by atoms with E-state index in [9.17, 15) is 0 Å². The number of nitrogens with zero attached hydrogens (tertiary/aromatic N) is 1. The normalized spacial score (nSPS) is 19.0. The maximum absolute atomic E-state index is 6.30. The van der Waals surface area contributed by atoms with E-state index < -0.39 is 5.79 Å². The highest BCUT2D eigenvalue weighted by molar-refractivity contribution is 6.33. The molecule has 1 aliphatic heterocycles. The van der Waals surface area contributed by atoms with Crippen molar-refractivity contribution < 1.29 is 9.47 Å². The molecule has 1 heterocycles. The van der Waals surface area contributed by atoms with E-state index in [1.54, 1.807) is 14.2 Å². The topological polar surface area (TPSA) is 21.7 Å². The SMILES string of the molecule is COC1(OC)CCN(c2ccc(C)cc2Cl)CC1. The maximum Gasteiger partial charge on any atom is 0.170 e. The number of hydrogen-bond acceptors (Lipinski definition) is 3. The van der Waals surface area contributed by atoms with Gasteiger partial charge >= 0.3 is 0 Å². The number of hydrogen-bond donors (Lipinski definition) is 0. The summed E-state index contributed by atoms with van der Waals surface area (Å²) in [6, 6.07) is 6.19. The van der Waals surface area contributed by atoms with Crippen LogP contribution in [-0.2, 0) is 9.47 Å². The van der Waals surface area contributed by atoms with Gasteiger partial charge < -0.3 is 14.4 Å². The number of methoxy groups -OCH3 is 2. The third kappa shape index (κ3) is 2.63. The van der Waals surface area contributed by atoms with Crippen molar-refractivity contribution in [3.8, 4) is 0 Å². The van der Waals surface area contributed by atoms with Crippen molar-refractivity contribution in [3.05, 3.63) is 28.8 Å². The molecule has 100 valence electrons. The predicted molar refractivity (Wildman–Crippen MR) is 74.4 cm³/mol. The molecule has 1 aliphatic rings. The molecular formula is C14H20ClNO2. The molecule has 0 radical (unpaired) electrons. The molecule has 0 bridgehead atoms. The summed E-state index contributed by atoms with van der Waals surface area (Å²) in [6.45, 7) is 3.83. The van der Waals surface area contributed by atoms with E-state index in [0.29, 0.717) is 0 Å². The first-order valence-electron chi connectivity index (χ1n) is 6.21. The standard InChI is InChI=1S/C14H20ClNO2/c1-11-4-5-13(12(15)10-11)16-8-6-14(17-2,18-3)7-9-16/h4-5,10H,6-9H2,1-3H3. The third-order valence-electron chi connectivity index (χ3n) is 3.71. The number of piperidine rings is 1. The van der Waals surface area contributed by atoms with Crippen LogP contribution in [0.5, 0.6) is 0 Å². The molecule has 0 N–H and O–H groups in total. The van der Waals surface area contributed by atoms with E-state index in [2.05, 4.69) is 17.0 Å². The van der Waals surface area contributed by atoms with Crippen LogP contribution in [0.2, 0.25) is 5.02 Å². The average Bonchev–Trinajstić information content (AvgIpc) is 2.39. The van der Waals surface area contributed by atoms with Crippen LogP contribution in [-0.4, -0.2) is 33.1 Å². The lowest BCUT2D eigenvalue weighted by molar-refractivity contribution is -0.216. The molecule has 18 heavy (non-hydrogen) atoms. The van der Waals surface area contributed by atoms with Gasteiger partial charge in [0, 0.05) is 40.2 Å². The van der Waals surface area contributed by atoms with Gasteiger partial charge in [-0.15, -0.1) is 0 Å². The van der Waals surface area contributed by atoms with Crippen molar-refractivity contribution in [3.63, 3.8) is 0 Å². The Balaban J connectivity index is 2.10. The summed E-state index contributed by atoms with van der Waals surface area (Å²) in [7, 11) is 3.41. The first kappa shape index (κ1) is 13.7. The molecule has 0 spiro atoms. The molecule has 1 fully saturated rings. The fourth-order valence-electron chi connectivity index (χ4n) is 2.45. The minimum Gasteiger partial charge on any atom is -0.370 e. The quantitative estimate of drug-likeness (QED) is 0.787. The smallest absolute Gasteiger partial charge is 0.170 e. The molecule has 4 heteroatoms. The number of rotatable bonds is 3. The second-order valence-corrected chi connectivity index (χ2v) is 5.17. The first-order valence-corrected chi connectivity index (χ1v) is 6.59. The van der Waals surface area contributed by atoms with Gasteiger partial charge in [-0.1, -0.05) is 17.7 Å². The van der Waals surface area contributed by atoms with Crippen molar-refractivity contribution in [2.24, 2.45) is 0 Å². The second-order valence-electron chi connectivity index (χ2n) is 4.76. The van der Waals surface area contributed by atoms with Crippen molar-refractivity contribution in [1.82, 2.24) is 0 Å². The van der Waals surface area contributed by atoms with E-state index in [4.69, 9.17) is 21.1 Å². The minimum atomic E-state index is -0.423. The molecule has 3 nitrogen and oxygen atoms in total. The Labute approximate surface area is 114 Å². The van der Waals surface area contributed by atoms with Crippen LogP contribution < -0.4 is 4.90 Å². The lowest BCUT2D eigenvalue weighted by Crippen LogP contribution is -2.47. The lowest BCUT2D eigenvalue weighted by Gasteiger charge is -2.40. The van der Waals surface area contributed by atoms with Gasteiger partial charge in [0.15, 0.2) is 5.79 Å². The highest BCUT2D eigenvalue weighted by Crippen LogP contribution is 2.33. The monoisotopic (exact) mass is 269 g/mol. The van der Waals surface area contributed by atoms with Crippen LogP contribution in [0.25, 0.3) is 0 Å². The summed E-state index contributed by atoms with van der Waals surface area (Å²) >= 11 is 6.30. The van der Waals surface area contributed by atoms with Gasteiger partial charge in [0.05, 0.1) is 10.7 Å². The molecule has 0 unspecified atom stereocenters. The third-order valence-corrected chi connectivity index (χ3v) is 4.02. The number of ether oxygens (including phenoxy) is 2. The van der Waals surface area contributed by atoms with Crippen LogP contribution >= 0.6 is 11.6 Å². The Bertz CT molecular complexity index is 408. The van der Waals surface area contributed by atoms with Crippen molar-refractivity contribution in [2.45, 2.75) is 25.6 Å². The number of benzene rings is 1. The van der Waals surface area contributed by atoms with Crippen LogP contribution in [0, 0.1) is 6.92 Å². The van der Waals surface area contributed by atoms with Gasteiger partial charge in [0.25, 0.3) is 0 Å². The van der Waals surface area contributed by atoms with E-state index in [1.165, 1.54) is 5.56 Å². The molecule has 0 saturated carbocycles. The van der Waals surface area contributed by atoms with E-state index in [0.717, 1.165) is 36.6 Å². The van der Waals surface area contributed by atoms with Gasteiger partial charge in [0.1, 0.15) is 0 Å². The van der Waals surface area contributed by atoms with Gasteiger partial charge in [-0.2, -0.15) is 0 Å².